The molecule has 0 saturated carbocycles. The number of nitrogens with zero attached hydrogens (tertiary/aromatic N) is 3. The molecule has 6 nitrogen and oxygen atoms in total. The van der Waals surface area contributed by atoms with Crippen LogP contribution in [0, 0.1) is 0 Å². The van der Waals surface area contributed by atoms with Crippen molar-refractivity contribution in [3.05, 3.63) is 61.1 Å². The maximum Gasteiger partial charge on any atom is 0.172 e. The van der Waals surface area contributed by atoms with E-state index in [0.29, 0.717) is 11.5 Å². The molecular formula is C22H19N3O3. The van der Waals surface area contributed by atoms with Crippen LogP contribution >= 0.6 is 0 Å². The zero-order valence-corrected chi connectivity index (χ0v) is 15.8. The molecule has 0 bridgehead atoms. The Kier molecular flexibility index (Phi) is 4.76. The SMILES string of the molecule is COc1ccc(-c2ncnc3c(-c4ccccn4)c(OC)c(OC)cc23)cc1. The molecule has 0 fully saturated rings. The van der Waals surface area contributed by atoms with Crippen LogP contribution in [-0.4, -0.2) is 36.3 Å². The summed E-state index contributed by atoms with van der Waals surface area (Å²) in [7, 11) is 4.87. The second-order valence-electron chi connectivity index (χ2n) is 6.05. The highest BCUT2D eigenvalue weighted by molar-refractivity contribution is 6.03. The average Bonchev–Trinajstić information content (AvgIpc) is 2.77. The molecule has 2 aromatic carbocycles. The lowest BCUT2D eigenvalue weighted by atomic mass is 10.00. The maximum absolute atomic E-state index is 5.66. The third-order valence-corrected chi connectivity index (χ3v) is 4.56. The number of aromatic nitrogens is 3. The van der Waals surface area contributed by atoms with E-state index in [1.807, 2.05) is 48.5 Å². The van der Waals surface area contributed by atoms with Gasteiger partial charge >= 0.3 is 0 Å². The smallest absolute Gasteiger partial charge is 0.172 e. The summed E-state index contributed by atoms with van der Waals surface area (Å²) in [6.45, 7) is 0. The Morgan fingerprint density at radius 1 is 0.786 bits per heavy atom. The van der Waals surface area contributed by atoms with E-state index in [4.69, 9.17) is 14.2 Å². The van der Waals surface area contributed by atoms with Crippen molar-refractivity contribution >= 4 is 10.9 Å². The molecule has 0 saturated heterocycles. The van der Waals surface area contributed by atoms with Crippen LogP contribution < -0.4 is 14.2 Å². The molecule has 0 aliphatic rings. The molecule has 4 aromatic rings. The fraction of sp³-hybridized carbons (Fsp3) is 0.136. The van der Waals surface area contributed by atoms with Gasteiger partial charge in [0, 0.05) is 17.1 Å². The number of pyridine rings is 1. The van der Waals surface area contributed by atoms with E-state index in [-0.39, 0.29) is 0 Å². The molecule has 0 spiro atoms. The highest BCUT2D eigenvalue weighted by Gasteiger charge is 2.21. The molecule has 6 heteroatoms. The minimum Gasteiger partial charge on any atom is -0.497 e. The number of rotatable bonds is 5. The Hall–Kier alpha value is -3.67. The highest BCUT2D eigenvalue weighted by Crippen LogP contribution is 2.44. The molecule has 2 heterocycles. The largest absolute Gasteiger partial charge is 0.497 e. The first kappa shape index (κ1) is 17.7. The van der Waals surface area contributed by atoms with Crippen LogP contribution in [-0.2, 0) is 0 Å². The van der Waals surface area contributed by atoms with Crippen LogP contribution in [0.5, 0.6) is 17.2 Å². The van der Waals surface area contributed by atoms with Crippen molar-refractivity contribution in [1.29, 1.82) is 0 Å². The first-order valence-electron chi connectivity index (χ1n) is 8.72. The molecule has 4 rings (SSSR count). The van der Waals surface area contributed by atoms with Gasteiger partial charge in [-0.3, -0.25) is 4.98 Å². The van der Waals surface area contributed by atoms with Crippen LogP contribution in [0.1, 0.15) is 0 Å². The van der Waals surface area contributed by atoms with Crippen LogP contribution in [0.2, 0.25) is 0 Å². The summed E-state index contributed by atoms with van der Waals surface area (Å²) in [5, 5.41) is 0.853. The predicted octanol–water partition coefficient (Wildman–Crippen LogP) is 4.38. The number of ether oxygens (including phenoxy) is 3. The van der Waals surface area contributed by atoms with Gasteiger partial charge in [0.05, 0.1) is 43.8 Å². The van der Waals surface area contributed by atoms with Gasteiger partial charge in [-0.05, 0) is 42.5 Å². The minimum atomic E-state index is 0.591. The number of hydrogen-bond donors (Lipinski definition) is 0. The van der Waals surface area contributed by atoms with E-state index in [0.717, 1.165) is 39.2 Å². The van der Waals surface area contributed by atoms with E-state index < -0.39 is 0 Å². The second-order valence-corrected chi connectivity index (χ2v) is 6.05. The Labute approximate surface area is 162 Å². The van der Waals surface area contributed by atoms with E-state index in [2.05, 4.69) is 15.0 Å². The summed E-state index contributed by atoms with van der Waals surface area (Å²) in [4.78, 5) is 13.6. The Balaban J connectivity index is 2.05. The molecule has 0 atom stereocenters. The Bertz CT molecular complexity index is 1110. The summed E-state index contributed by atoms with van der Waals surface area (Å²) >= 11 is 0. The van der Waals surface area contributed by atoms with Gasteiger partial charge in [-0.15, -0.1) is 0 Å². The number of hydrogen-bond acceptors (Lipinski definition) is 6. The summed E-state index contributed by atoms with van der Waals surface area (Å²) < 4.78 is 16.5. The molecule has 0 aliphatic carbocycles. The van der Waals surface area contributed by atoms with Gasteiger partial charge in [-0.1, -0.05) is 6.07 Å². The van der Waals surface area contributed by atoms with Crippen molar-refractivity contribution < 1.29 is 14.2 Å². The van der Waals surface area contributed by atoms with Crippen LogP contribution in [0.15, 0.2) is 61.1 Å². The quantitative estimate of drug-likeness (QED) is 0.517. The maximum atomic E-state index is 5.66. The van der Waals surface area contributed by atoms with E-state index in [9.17, 15) is 0 Å². The lowest BCUT2D eigenvalue weighted by molar-refractivity contribution is 0.357. The number of fused-ring (bicyclic) bond motifs is 1. The van der Waals surface area contributed by atoms with Gasteiger partial charge in [0.1, 0.15) is 12.1 Å². The Morgan fingerprint density at radius 3 is 2.25 bits per heavy atom. The van der Waals surface area contributed by atoms with Gasteiger partial charge in [0.15, 0.2) is 11.5 Å². The zero-order valence-electron chi connectivity index (χ0n) is 15.8. The molecule has 0 radical (unpaired) electrons. The monoisotopic (exact) mass is 373 g/mol. The Morgan fingerprint density at radius 2 is 1.61 bits per heavy atom. The fourth-order valence-corrected chi connectivity index (χ4v) is 3.24. The third-order valence-electron chi connectivity index (χ3n) is 4.56. The molecule has 140 valence electrons. The number of benzene rings is 2. The van der Waals surface area contributed by atoms with Crippen molar-refractivity contribution in [2.75, 3.05) is 21.3 Å². The van der Waals surface area contributed by atoms with Gasteiger partial charge in [-0.2, -0.15) is 0 Å². The van der Waals surface area contributed by atoms with E-state index in [1.54, 1.807) is 33.9 Å². The van der Waals surface area contributed by atoms with E-state index >= 15 is 0 Å². The van der Waals surface area contributed by atoms with Gasteiger partial charge in [0.2, 0.25) is 0 Å². The standard InChI is InChI=1S/C22H19N3O3/c1-26-15-9-7-14(8-10-15)20-16-12-18(27-2)22(28-3)19(21(16)25-13-24-20)17-6-4-5-11-23-17/h4-13H,1-3H3. The lowest BCUT2D eigenvalue weighted by Gasteiger charge is -2.16. The first-order chi connectivity index (χ1) is 13.8. The molecule has 0 N–H and O–H groups in total. The van der Waals surface area contributed by atoms with Crippen molar-refractivity contribution in [1.82, 2.24) is 15.0 Å². The minimum absolute atomic E-state index is 0.591. The van der Waals surface area contributed by atoms with Gasteiger partial charge < -0.3 is 14.2 Å². The topological polar surface area (TPSA) is 66.4 Å². The molecule has 2 aromatic heterocycles. The van der Waals surface area contributed by atoms with Crippen molar-refractivity contribution in [3.63, 3.8) is 0 Å². The van der Waals surface area contributed by atoms with Crippen molar-refractivity contribution in [2.24, 2.45) is 0 Å². The van der Waals surface area contributed by atoms with Crippen molar-refractivity contribution in [2.45, 2.75) is 0 Å². The first-order valence-corrected chi connectivity index (χ1v) is 8.72. The molecule has 0 unspecified atom stereocenters. The normalized spacial score (nSPS) is 10.7. The molecule has 0 amide bonds. The van der Waals surface area contributed by atoms with Crippen LogP contribution in [0.4, 0.5) is 0 Å². The average molecular weight is 373 g/mol. The highest BCUT2D eigenvalue weighted by atomic mass is 16.5. The summed E-state index contributed by atoms with van der Waals surface area (Å²) in [5.74, 6) is 1.98. The predicted molar refractivity (Wildman–Crippen MR) is 108 cm³/mol. The fourth-order valence-electron chi connectivity index (χ4n) is 3.24. The van der Waals surface area contributed by atoms with Crippen molar-refractivity contribution in [3.8, 4) is 39.8 Å². The third kappa shape index (κ3) is 2.99. The van der Waals surface area contributed by atoms with Gasteiger partial charge in [-0.25, -0.2) is 9.97 Å². The molecular weight excluding hydrogens is 354 g/mol. The molecule has 0 aliphatic heterocycles. The van der Waals surface area contributed by atoms with Crippen LogP contribution in [0.25, 0.3) is 33.4 Å². The second kappa shape index (κ2) is 7.52. The van der Waals surface area contributed by atoms with E-state index in [1.165, 1.54) is 0 Å². The summed E-state index contributed by atoms with van der Waals surface area (Å²) in [6.07, 6.45) is 3.30. The van der Waals surface area contributed by atoms with Crippen LogP contribution in [0.3, 0.4) is 0 Å². The molecule has 28 heavy (non-hydrogen) atoms. The summed E-state index contributed by atoms with van der Waals surface area (Å²) in [5.41, 5.74) is 4.02. The van der Waals surface area contributed by atoms with Gasteiger partial charge in [0.25, 0.3) is 0 Å². The number of methoxy groups -OCH3 is 3. The zero-order chi connectivity index (χ0) is 19.5. The lowest BCUT2D eigenvalue weighted by Crippen LogP contribution is -1.99. The summed E-state index contributed by atoms with van der Waals surface area (Å²) in [6, 6.07) is 15.4.